The molecule has 98 heavy (non-hydrogen) atoms. The van der Waals surface area contributed by atoms with Crippen molar-refractivity contribution in [3.8, 4) is 0 Å². The average molecular weight is 1440 g/mol. The number of carbonyl (C=O) groups excluding carboxylic acids is 4. The number of aliphatic hydroxyl groups is 1. The lowest BCUT2D eigenvalue weighted by molar-refractivity contribution is -0.161. The third-order valence-electron chi connectivity index (χ3n) is 19.0. The summed E-state index contributed by atoms with van der Waals surface area (Å²) < 4.78 is 68.5. The van der Waals surface area contributed by atoms with Crippen LogP contribution in [0.2, 0.25) is 0 Å². The van der Waals surface area contributed by atoms with Crippen LogP contribution in [0.15, 0.2) is 0 Å². The van der Waals surface area contributed by atoms with Crippen LogP contribution in [0.5, 0.6) is 0 Å². The number of unbranched alkanes of at least 4 members (excludes halogenated alkanes) is 40. The van der Waals surface area contributed by atoms with Crippen molar-refractivity contribution in [3.63, 3.8) is 0 Å². The minimum absolute atomic E-state index is 0.102. The molecule has 7 atom stereocenters. The monoisotopic (exact) mass is 1440 g/mol. The largest absolute Gasteiger partial charge is 0.472 e. The fraction of sp³-hybridized carbons (Fsp3) is 0.949. The van der Waals surface area contributed by atoms with Crippen LogP contribution < -0.4 is 0 Å². The van der Waals surface area contributed by atoms with Gasteiger partial charge < -0.3 is 33.8 Å². The lowest BCUT2D eigenvalue weighted by atomic mass is 9.99. The summed E-state index contributed by atoms with van der Waals surface area (Å²) in [6, 6.07) is 0. The number of rotatable bonds is 76. The van der Waals surface area contributed by atoms with Gasteiger partial charge in [0, 0.05) is 25.7 Å². The van der Waals surface area contributed by atoms with Gasteiger partial charge in [0.1, 0.15) is 19.3 Å². The number of phosphoric ester groups is 2. The van der Waals surface area contributed by atoms with E-state index in [1.54, 1.807) is 0 Å². The van der Waals surface area contributed by atoms with Crippen LogP contribution in [0.1, 0.15) is 402 Å². The summed E-state index contributed by atoms with van der Waals surface area (Å²) in [6.07, 6.45) is 54.6. The van der Waals surface area contributed by atoms with Crippen molar-refractivity contribution in [2.45, 2.75) is 420 Å². The third kappa shape index (κ3) is 69.8. The first-order valence-corrected chi connectivity index (χ1v) is 43.8. The van der Waals surface area contributed by atoms with Gasteiger partial charge in [0.05, 0.1) is 26.4 Å². The molecule has 17 nitrogen and oxygen atoms in total. The van der Waals surface area contributed by atoms with Crippen molar-refractivity contribution >= 4 is 39.5 Å². The Balaban J connectivity index is 5.10. The highest BCUT2D eigenvalue weighted by Crippen LogP contribution is 2.45. The molecular formula is C79H154O17P2. The molecule has 0 aliphatic rings. The first kappa shape index (κ1) is 96.1. The molecule has 0 fully saturated rings. The fourth-order valence-electron chi connectivity index (χ4n) is 12.0. The first-order valence-electron chi connectivity index (χ1n) is 40.8. The number of ether oxygens (including phenoxy) is 4. The molecule has 0 aliphatic heterocycles. The van der Waals surface area contributed by atoms with E-state index in [1.807, 2.05) is 0 Å². The molecule has 0 saturated carbocycles. The molecule has 0 bridgehead atoms. The summed E-state index contributed by atoms with van der Waals surface area (Å²) in [5, 5.41) is 10.6. The van der Waals surface area contributed by atoms with Crippen LogP contribution in [0, 0.1) is 23.7 Å². The zero-order chi connectivity index (χ0) is 72.4. The minimum Gasteiger partial charge on any atom is -0.462 e. The van der Waals surface area contributed by atoms with Gasteiger partial charge in [0.15, 0.2) is 12.2 Å². The van der Waals surface area contributed by atoms with Gasteiger partial charge in [-0.3, -0.25) is 37.3 Å². The summed E-state index contributed by atoms with van der Waals surface area (Å²) in [7, 11) is -9.91. The summed E-state index contributed by atoms with van der Waals surface area (Å²) in [5.41, 5.74) is 0. The van der Waals surface area contributed by atoms with Gasteiger partial charge in [0.25, 0.3) is 0 Å². The first-order chi connectivity index (χ1) is 47.2. The van der Waals surface area contributed by atoms with Crippen LogP contribution in [0.25, 0.3) is 0 Å². The van der Waals surface area contributed by atoms with Gasteiger partial charge >= 0.3 is 39.5 Å². The molecule has 582 valence electrons. The Labute approximate surface area is 600 Å². The van der Waals surface area contributed by atoms with Crippen molar-refractivity contribution in [1.82, 2.24) is 0 Å². The Morgan fingerprint density at radius 1 is 0.286 bits per heavy atom. The fourth-order valence-corrected chi connectivity index (χ4v) is 13.6. The second-order valence-corrected chi connectivity index (χ2v) is 32.8. The summed E-state index contributed by atoms with van der Waals surface area (Å²) in [4.78, 5) is 72.8. The highest BCUT2D eigenvalue weighted by molar-refractivity contribution is 7.47. The molecule has 0 heterocycles. The van der Waals surface area contributed by atoms with E-state index in [1.165, 1.54) is 199 Å². The van der Waals surface area contributed by atoms with Gasteiger partial charge in [-0.2, -0.15) is 0 Å². The smallest absolute Gasteiger partial charge is 0.462 e. The van der Waals surface area contributed by atoms with Crippen molar-refractivity contribution in [2.24, 2.45) is 23.7 Å². The Morgan fingerprint density at radius 2 is 0.490 bits per heavy atom. The SMILES string of the molecule is CCC(C)CCCCCCCCCCCCCCCCCCCCC(=O)O[C@H](COC(=O)CCCCCCCCC(C)C)COP(=O)(O)OC[C@H](O)COP(=O)(O)OC[C@@H](COC(=O)CCCCCCCCCCCCCCCCC(C)CC)OC(=O)CCCCCCCCC(C)C. The van der Waals surface area contributed by atoms with E-state index in [2.05, 4.69) is 55.4 Å². The van der Waals surface area contributed by atoms with E-state index in [0.717, 1.165) is 108 Å². The van der Waals surface area contributed by atoms with Crippen LogP contribution in [0.3, 0.4) is 0 Å². The second kappa shape index (κ2) is 68.2. The predicted octanol–water partition coefficient (Wildman–Crippen LogP) is 23.2. The molecule has 0 amide bonds. The second-order valence-electron chi connectivity index (χ2n) is 29.9. The molecule has 3 N–H and O–H groups in total. The highest BCUT2D eigenvalue weighted by atomic mass is 31.2. The van der Waals surface area contributed by atoms with Gasteiger partial charge in [-0.05, 0) is 49.4 Å². The van der Waals surface area contributed by atoms with Crippen molar-refractivity contribution in [3.05, 3.63) is 0 Å². The summed E-state index contributed by atoms with van der Waals surface area (Å²) >= 11 is 0. The molecule has 0 aromatic rings. The number of hydrogen-bond acceptors (Lipinski definition) is 15. The Bertz CT molecular complexity index is 1920. The molecule has 4 unspecified atom stereocenters. The average Bonchev–Trinajstić information content (AvgIpc) is 0.999. The molecule has 0 aromatic heterocycles. The Hall–Kier alpha value is -1.94. The predicted molar refractivity (Wildman–Crippen MR) is 400 cm³/mol. The lowest BCUT2D eigenvalue weighted by Gasteiger charge is -2.21. The zero-order valence-corrected chi connectivity index (χ0v) is 66.2. The molecule has 0 radical (unpaired) electrons. The molecule has 0 saturated heterocycles. The van der Waals surface area contributed by atoms with Crippen molar-refractivity contribution < 1.29 is 80.2 Å². The molecule has 0 spiro atoms. The normalized spacial score (nSPS) is 14.6. The maximum absolute atomic E-state index is 13.1. The van der Waals surface area contributed by atoms with Gasteiger partial charge in [-0.15, -0.1) is 0 Å². The number of carbonyl (C=O) groups is 4. The molecule has 19 heteroatoms. The van der Waals surface area contributed by atoms with Gasteiger partial charge in [-0.25, -0.2) is 9.13 Å². The number of phosphoric acid groups is 2. The Morgan fingerprint density at radius 3 is 0.724 bits per heavy atom. The Kier molecular flexibility index (Phi) is 66.8. The topological polar surface area (TPSA) is 237 Å². The molecule has 0 aromatic carbocycles. The lowest BCUT2D eigenvalue weighted by Crippen LogP contribution is -2.30. The van der Waals surface area contributed by atoms with Gasteiger partial charge in [0.2, 0.25) is 0 Å². The standard InChI is InChI=1S/C79H154O17P2/c1-9-71(7)57-49-41-31-27-23-19-15-13-11-12-14-16-22-26-30-34-45-53-61-78(83)95-74(66-90-77(82)60-52-44-37-35-39-47-55-69(3)4)67-93-97(85,86)91-63-73(80)64-92-98(87,88)94-68-75(96-79(84)62-54-46-38-36-40-48-56-70(5)6)65-89-76(81)59-51-43-33-29-25-21-18-17-20-24-28-32-42-50-58-72(8)10-2/h69-75,80H,9-68H2,1-8H3,(H,85,86)(H,87,88)/t71?,72?,73-,74+,75+/m0/s1. The number of esters is 4. The molecular weight excluding hydrogens is 1280 g/mol. The van der Waals surface area contributed by atoms with Crippen molar-refractivity contribution in [1.29, 1.82) is 0 Å². The van der Waals surface area contributed by atoms with Crippen LogP contribution >= 0.6 is 15.6 Å². The van der Waals surface area contributed by atoms with E-state index in [0.29, 0.717) is 37.5 Å². The highest BCUT2D eigenvalue weighted by Gasteiger charge is 2.30. The maximum atomic E-state index is 13.1. The third-order valence-corrected chi connectivity index (χ3v) is 20.9. The maximum Gasteiger partial charge on any atom is 0.472 e. The van der Waals surface area contributed by atoms with Gasteiger partial charge in [-0.1, -0.05) is 351 Å². The quantitative estimate of drug-likeness (QED) is 0.0222. The zero-order valence-electron chi connectivity index (χ0n) is 64.4. The summed E-state index contributed by atoms with van der Waals surface area (Å²) in [5.74, 6) is 0.945. The van der Waals surface area contributed by atoms with Crippen LogP contribution in [-0.2, 0) is 65.4 Å². The van der Waals surface area contributed by atoms with Crippen LogP contribution in [0.4, 0.5) is 0 Å². The summed E-state index contributed by atoms with van der Waals surface area (Å²) in [6.45, 7) is 14.2. The van der Waals surface area contributed by atoms with Crippen LogP contribution in [-0.4, -0.2) is 96.7 Å². The molecule has 0 rings (SSSR count). The molecule has 0 aliphatic carbocycles. The van der Waals surface area contributed by atoms with E-state index in [9.17, 15) is 43.2 Å². The number of aliphatic hydroxyl groups excluding tert-OH is 1. The van der Waals surface area contributed by atoms with E-state index >= 15 is 0 Å². The van der Waals surface area contributed by atoms with Crippen molar-refractivity contribution in [2.75, 3.05) is 39.6 Å². The number of hydrogen-bond donors (Lipinski definition) is 3. The minimum atomic E-state index is -4.96. The van der Waals surface area contributed by atoms with E-state index in [-0.39, 0.29) is 25.7 Å². The van der Waals surface area contributed by atoms with E-state index < -0.39 is 97.5 Å². The van der Waals surface area contributed by atoms with E-state index in [4.69, 9.17) is 37.0 Å².